The molecule has 1 N–H and O–H groups in total. The molecule has 0 aromatic rings. The highest BCUT2D eigenvalue weighted by Crippen LogP contribution is 2.26. The number of aliphatic hydroxyl groups excluding tert-OH is 1. The molecular weight excluding hydrogens is 303 g/mol. The summed E-state index contributed by atoms with van der Waals surface area (Å²) < 4.78 is 37.7. The van der Waals surface area contributed by atoms with E-state index in [4.69, 9.17) is 5.11 Å². The molecule has 2 amide bonds. The van der Waals surface area contributed by atoms with Crippen molar-refractivity contribution >= 4 is 11.8 Å². The van der Waals surface area contributed by atoms with E-state index < -0.39 is 24.0 Å². The van der Waals surface area contributed by atoms with Crippen LogP contribution >= 0.6 is 0 Å². The lowest BCUT2D eigenvalue weighted by Gasteiger charge is -2.37. The van der Waals surface area contributed by atoms with Crippen molar-refractivity contribution in [1.82, 2.24) is 14.7 Å². The summed E-state index contributed by atoms with van der Waals surface area (Å²) in [7, 11) is 0. The van der Waals surface area contributed by atoms with E-state index in [-0.39, 0.29) is 19.6 Å². The minimum atomic E-state index is -4.94. The smallest absolute Gasteiger partial charge is 0.395 e. The molecule has 0 radical (unpaired) electrons. The molecule has 2 aliphatic heterocycles. The van der Waals surface area contributed by atoms with Crippen LogP contribution in [-0.2, 0) is 9.59 Å². The summed E-state index contributed by atoms with van der Waals surface area (Å²) in [6.45, 7) is 2.49. The largest absolute Gasteiger partial charge is 0.471 e. The molecule has 2 saturated heterocycles. The van der Waals surface area contributed by atoms with Crippen LogP contribution in [-0.4, -0.2) is 89.7 Å². The number of likely N-dealkylation sites (tertiary alicyclic amines) is 1. The average Bonchev–Trinajstić information content (AvgIpc) is 2.95. The van der Waals surface area contributed by atoms with Crippen molar-refractivity contribution in [3.63, 3.8) is 0 Å². The number of β-amino-alcohol motifs (C(OH)–C–C–N with tert-alkyl or cyclic N) is 1. The van der Waals surface area contributed by atoms with Crippen molar-refractivity contribution in [1.29, 1.82) is 0 Å². The summed E-state index contributed by atoms with van der Waals surface area (Å²) in [6.07, 6.45) is -4.26. The number of hydrogen-bond donors (Lipinski definition) is 1. The molecule has 0 aliphatic carbocycles. The second kappa shape index (κ2) is 6.82. The molecule has 0 bridgehead atoms. The Kier molecular flexibility index (Phi) is 5.28. The first-order chi connectivity index (χ1) is 10.3. The zero-order valence-corrected chi connectivity index (χ0v) is 12.2. The van der Waals surface area contributed by atoms with Gasteiger partial charge in [0.2, 0.25) is 5.91 Å². The van der Waals surface area contributed by atoms with E-state index in [0.717, 1.165) is 0 Å². The van der Waals surface area contributed by atoms with E-state index in [2.05, 4.69) is 0 Å². The van der Waals surface area contributed by atoms with Gasteiger partial charge in [-0.3, -0.25) is 14.5 Å². The Hall–Kier alpha value is -1.35. The Morgan fingerprint density at radius 3 is 2.27 bits per heavy atom. The Morgan fingerprint density at radius 1 is 1.09 bits per heavy atom. The predicted octanol–water partition coefficient (Wildman–Crippen LogP) is -0.324. The monoisotopic (exact) mass is 323 g/mol. The fourth-order valence-corrected chi connectivity index (χ4v) is 2.97. The zero-order chi connectivity index (χ0) is 16.3. The highest BCUT2D eigenvalue weighted by atomic mass is 19.4. The second-order valence-corrected chi connectivity index (χ2v) is 5.54. The number of aliphatic hydroxyl groups is 1. The van der Waals surface area contributed by atoms with Gasteiger partial charge in [0.15, 0.2) is 0 Å². The first-order valence-corrected chi connectivity index (χ1v) is 7.34. The first-order valence-electron chi connectivity index (χ1n) is 7.34. The van der Waals surface area contributed by atoms with Crippen LogP contribution < -0.4 is 0 Å². The van der Waals surface area contributed by atoms with Crippen molar-refractivity contribution < 1.29 is 27.9 Å². The first kappa shape index (κ1) is 17.0. The minimum absolute atomic E-state index is 0.0285. The van der Waals surface area contributed by atoms with Crippen LogP contribution in [0.4, 0.5) is 13.2 Å². The standard InChI is InChI=1S/C13H20F3N3O3/c14-13(15,16)12(22)19-3-1-2-10(19)11(21)18-6-4-17(5-7-18)8-9-20/h10,20H,1-9H2. The highest BCUT2D eigenvalue weighted by Gasteiger charge is 2.48. The molecule has 1 unspecified atom stereocenters. The van der Waals surface area contributed by atoms with Gasteiger partial charge in [0, 0.05) is 39.3 Å². The van der Waals surface area contributed by atoms with Gasteiger partial charge >= 0.3 is 12.1 Å². The Bertz CT molecular complexity index is 422. The minimum Gasteiger partial charge on any atom is -0.395 e. The van der Waals surface area contributed by atoms with Gasteiger partial charge in [-0.2, -0.15) is 13.2 Å². The summed E-state index contributed by atoms with van der Waals surface area (Å²) in [6, 6.07) is -1.00. The third-order valence-corrected chi connectivity index (χ3v) is 4.14. The molecule has 6 nitrogen and oxygen atoms in total. The summed E-state index contributed by atoms with van der Waals surface area (Å²) in [5.74, 6) is -2.33. The highest BCUT2D eigenvalue weighted by molar-refractivity contribution is 5.90. The third kappa shape index (κ3) is 3.70. The number of carbonyl (C=O) groups is 2. The van der Waals surface area contributed by atoms with E-state index in [1.54, 1.807) is 0 Å². The van der Waals surface area contributed by atoms with Crippen molar-refractivity contribution in [2.75, 3.05) is 45.9 Å². The molecule has 2 rings (SSSR count). The molecular formula is C13H20F3N3O3. The van der Waals surface area contributed by atoms with Gasteiger partial charge in [0.25, 0.3) is 0 Å². The molecule has 0 spiro atoms. The van der Waals surface area contributed by atoms with Gasteiger partial charge in [0.05, 0.1) is 6.61 Å². The van der Waals surface area contributed by atoms with Crippen molar-refractivity contribution in [2.24, 2.45) is 0 Å². The summed E-state index contributed by atoms with van der Waals surface area (Å²) in [5, 5.41) is 8.87. The Balaban J connectivity index is 1.96. The van der Waals surface area contributed by atoms with E-state index in [1.165, 1.54) is 4.90 Å². The molecule has 9 heteroatoms. The van der Waals surface area contributed by atoms with Crippen LogP contribution in [0.5, 0.6) is 0 Å². The summed E-state index contributed by atoms with van der Waals surface area (Å²) >= 11 is 0. The van der Waals surface area contributed by atoms with Crippen LogP contribution in [0.1, 0.15) is 12.8 Å². The van der Waals surface area contributed by atoms with Crippen LogP contribution in [0, 0.1) is 0 Å². The van der Waals surface area contributed by atoms with Gasteiger partial charge in [-0.15, -0.1) is 0 Å². The number of alkyl halides is 3. The number of amides is 2. The van der Waals surface area contributed by atoms with E-state index >= 15 is 0 Å². The van der Waals surface area contributed by atoms with Gasteiger partial charge < -0.3 is 14.9 Å². The molecule has 0 aromatic carbocycles. The fourth-order valence-electron chi connectivity index (χ4n) is 2.97. The van der Waals surface area contributed by atoms with E-state index in [1.807, 2.05) is 4.90 Å². The maximum atomic E-state index is 12.6. The predicted molar refractivity (Wildman–Crippen MR) is 70.9 cm³/mol. The molecule has 126 valence electrons. The average molecular weight is 323 g/mol. The number of halogens is 3. The Labute approximate surface area is 126 Å². The van der Waals surface area contributed by atoms with Gasteiger partial charge in [0.1, 0.15) is 6.04 Å². The van der Waals surface area contributed by atoms with Crippen LogP contribution in [0.15, 0.2) is 0 Å². The maximum Gasteiger partial charge on any atom is 0.471 e. The van der Waals surface area contributed by atoms with Gasteiger partial charge in [-0.05, 0) is 12.8 Å². The number of piperazine rings is 1. The lowest BCUT2D eigenvalue weighted by atomic mass is 10.1. The molecule has 0 aromatic heterocycles. The SMILES string of the molecule is O=C(C1CCCN1C(=O)C(F)(F)F)N1CCN(CCO)CC1. The second-order valence-electron chi connectivity index (χ2n) is 5.54. The van der Waals surface area contributed by atoms with Crippen LogP contribution in [0.2, 0.25) is 0 Å². The normalized spacial score (nSPS) is 23.9. The zero-order valence-electron chi connectivity index (χ0n) is 12.2. The van der Waals surface area contributed by atoms with Gasteiger partial charge in [-0.25, -0.2) is 0 Å². The van der Waals surface area contributed by atoms with E-state index in [9.17, 15) is 22.8 Å². The molecule has 22 heavy (non-hydrogen) atoms. The fraction of sp³-hybridized carbons (Fsp3) is 0.846. The van der Waals surface area contributed by atoms with Crippen LogP contribution in [0.25, 0.3) is 0 Å². The third-order valence-electron chi connectivity index (χ3n) is 4.14. The summed E-state index contributed by atoms with van der Waals surface area (Å²) in [5.41, 5.74) is 0. The maximum absolute atomic E-state index is 12.6. The molecule has 2 fully saturated rings. The topological polar surface area (TPSA) is 64.1 Å². The summed E-state index contributed by atoms with van der Waals surface area (Å²) in [4.78, 5) is 28.0. The number of hydrogen-bond acceptors (Lipinski definition) is 4. The quantitative estimate of drug-likeness (QED) is 0.773. The number of carbonyl (C=O) groups excluding carboxylic acids is 2. The lowest BCUT2D eigenvalue weighted by molar-refractivity contribution is -0.187. The van der Waals surface area contributed by atoms with Crippen molar-refractivity contribution in [3.8, 4) is 0 Å². The number of rotatable bonds is 3. The molecule has 0 saturated carbocycles. The van der Waals surface area contributed by atoms with Crippen molar-refractivity contribution in [2.45, 2.75) is 25.1 Å². The molecule has 2 aliphatic rings. The molecule has 1 atom stereocenters. The van der Waals surface area contributed by atoms with Crippen molar-refractivity contribution in [3.05, 3.63) is 0 Å². The van der Waals surface area contributed by atoms with Gasteiger partial charge in [-0.1, -0.05) is 0 Å². The van der Waals surface area contributed by atoms with E-state index in [0.29, 0.717) is 44.0 Å². The molecule has 2 heterocycles. The lowest BCUT2D eigenvalue weighted by Crippen LogP contribution is -2.56. The van der Waals surface area contributed by atoms with Crippen LogP contribution in [0.3, 0.4) is 0 Å². The number of nitrogens with zero attached hydrogens (tertiary/aromatic N) is 3. The Morgan fingerprint density at radius 2 is 1.73 bits per heavy atom.